The van der Waals surface area contributed by atoms with Gasteiger partial charge in [0.25, 0.3) is 0 Å². The third-order valence-electron chi connectivity index (χ3n) is 0.869. The molecule has 1 aromatic rings. The number of rotatable bonds is 2. The molecule has 0 atom stereocenters. The first-order valence-electron chi connectivity index (χ1n) is 2.65. The zero-order valence-electron chi connectivity index (χ0n) is 5.37. The molecule has 1 rings (SSSR count). The second-order valence-corrected chi connectivity index (χ2v) is 2.50. The molecule has 1 aromatic heterocycles. The highest BCUT2D eigenvalue weighted by Gasteiger charge is 1.91. The average molecular weight is 176 g/mol. The van der Waals surface area contributed by atoms with E-state index < -0.39 is 0 Å². The summed E-state index contributed by atoms with van der Waals surface area (Å²) in [5.74, 6) is 0.580. The van der Waals surface area contributed by atoms with Crippen molar-refractivity contribution < 1.29 is 4.18 Å². The van der Waals surface area contributed by atoms with Crippen molar-refractivity contribution in [2.24, 2.45) is 0 Å². The Labute approximate surface area is 68.8 Å². The molecule has 0 spiro atoms. The van der Waals surface area contributed by atoms with Crippen molar-refractivity contribution in [3.8, 4) is 5.88 Å². The van der Waals surface area contributed by atoms with Crippen LogP contribution in [0.4, 0.5) is 0 Å². The molecular weight excluding hydrogens is 170 g/mol. The van der Waals surface area contributed by atoms with Gasteiger partial charge >= 0.3 is 0 Å². The minimum absolute atomic E-state index is 0.580. The van der Waals surface area contributed by atoms with Crippen LogP contribution in [0.15, 0.2) is 18.3 Å². The van der Waals surface area contributed by atoms with Crippen molar-refractivity contribution in [2.75, 3.05) is 6.26 Å². The summed E-state index contributed by atoms with van der Waals surface area (Å²) in [5, 5.41) is 0.619. The number of pyridine rings is 1. The fourth-order valence-electron chi connectivity index (χ4n) is 0.497. The molecule has 1 heterocycles. The molecule has 0 saturated carbocycles. The van der Waals surface area contributed by atoms with Gasteiger partial charge in [0.2, 0.25) is 5.88 Å². The van der Waals surface area contributed by atoms with Gasteiger partial charge in [-0.25, -0.2) is 4.98 Å². The summed E-state index contributed by atoms with van der Waals surface area (Å²) in [5.41, 5.74) is 0. The van der Waals surface area contributed by atoms with Crippen LogP contribution in [0.3, 0.4) is 0 Å². The largest absolute Gasteiger partial charge is 0.406 e. The predicted molar refractivity (Wildman–Crippen MR) is 43.4 cm³/mol. The molecule has 4 heteroatoms. The van der Waals surface area contributed by atoms with E-state index in [1.54, 1.807) is 18.3 Å². The van der Waals surface area contributed by atoms with E-state index in [2.05, 4.69) is 4.98 Å². The third kappa shape index (κ3) is 2.08. The lowest BCUT2D eigenvalue weighted by Gasteiger charge is -1.96. The third-order valence-corrected chi connectivity index (χ3v) is 1.43. The van der Waals surface area contributed by atoms with Gasteiger partial charge in [0, 0.05) is 18.5 Å². The van der Waals surface area contributed by atoms with E-state index in [1.807, 2.05) is 6.26 Å². The number of aromatic nitrogens is 1. The monoisotopic (exact) mass is 175 g/mol. The highest BCUT2D eigenvalue weighted by Crippen LogP contribution is 2.13. The summed E-state index contributed by atoms with van der Waals surface area (Å²) < 4.78 is 5.01. The quantitative estimate of drug-likeness (QED) is 0.645. The maximum absolute atomic E-state index is 5.59. The van der Waals surface area contributed by atoms with Gasteiger partial charge in [0.05, 0.1) is 17.1 Å². The van der Waals surface area contributed by atoms with Gasteiger partial charge in [-0.15, -0.1) is 0 Å². The van der Waals surface area contributed by atoms with Crippen molar-refractivity contribution in [3.05, 3.63) is 23.4 Å². The van der Waals surface area contributed by atoms with E-state index >= 15 is 0 Å². The Hall–Kier alpha value is -0.410. The lowest BCUT2D eigenvalue weighted by atomic mass is 10.5. The average Bonchev–Trinajstić information content (AvgIpc) is 1.95. The predicted octanol–water partition coefficient (Wildman–Crippen LogP) is 2.39. The molecule has 0 radical (unpaired) electrons. The summed E-state index contributed by atoms with van der Waals surface area (Å²) in [4.78, 5) is 3.89. The summed E-state index contributed by atoms with van der Waals surface area (Å²) >= 11 is 6.84. The van der Waals surface area contributed by atoms with Crippen molar-refractivity contribution in [1.29, 1.82) is 0 Å². The molecule has 0 aliphatic heterocycles. The summed E-state index contributed by atoms with van der Waals surface area (Å²) in [6.45, 7) is 0. The number of nitrogens with zero attached hydrogens (tertiary/aromatic N) is 1. The Bertz CT molecular complexity index is 201. The van der Waals surface area contributed by atoms with E-state index in [-0.39, 0.29) is 0 Å². The number of halogens is 1. The van der Waals surface area contributed by atoms with Crippen molar-refractivity contribution in [2.45, 2.75) is 0 Å². The van der Waals surface area contributed by atoms with Gasteiger partial charge in [-0.2, -0.15) is 0 Å². The summed E-state index contributed by atoms with van der Waals surface area (Å²) in [6, 6.07) is 3.46. The zero-order chi connectivity index (χ0) is 7.40. The van der Waals surface area contributed by atoms with Gasteiger partial charge in [-0.1, -0.05) is 11.6 Å². The minimum atomic E-state index is 0.580. The Kier molecular flexibility index (Phi) is 2.83. The molecule has 2 nitrogen and oxygen atoms in total. The molecule has 0 saturated heterocycles. The zero-order valence-corrected chi connectivity index (χ0v) is 6.95. The highest BCUT2D eigenvalue weighted by atomic mass is 35.5. The Morgan fingerprint density at radius 2 is 2.40 bits per heavy atom. The first-order chi connectivity index (χ1) is 4.83. The van der Waals surface area contributed by atoms with Crippen LogP contribution in [0.1, 0.15) is 0 Å². The molecule has 0 N–H and O–H groups in total. The SMILES string of the molecule is CSOc1ccc(Cl)cn1. The second-order valence-electron chi connectivity index (χ2n) is 1.56. The van der Waals surface area contributed by atoms with E-state index in [9.17, 15) is 0 Å². The summed E-state index contributed by atoms with van der Waals surface area (Å²) in [6.07, 6.45) is 3.38. The fraction of sp³-hybridized carbons (Fsp3) is 0.167. The Morgan fingerprint density at radius 3 is 2.90 bits per heavy atom. The van der Waals surface area contributed by atoms with Gasteiger partial charge in [0.15, 0.2) is 0 Å². The van der Waals surface area contributed by atoms with E-state index in [1.165, 1.54) is 12.0 Å². The van der Waals surface area contributed by atoms with Crippen molar-refractivity contribution in [1.82, 2.24) is 4.98 Å². The molecule has 54 valence electrons. The van der Waals surface area contributed by atoms with E-state index in [0.29, 0.717) is 10.9 Å². The van der Waals surface area contributed by atoms with Crippen LogP contribution < -0.4 is 4.18 Å². The van der Waals surface area contributed by atoms with Gasteiger partial charge in [-0.3, -0.25) is 0 Å². The molecule has 0 aliphatic rings. The molecular formula is C6H6ClNOS. The van der Waals surface area contributed by atoms with Crippen molar-refractivity contribution in [3.63, 3.8) is 0 Å². The first kappa shape index (κ1) is 7.69. The standard InChI is InChI=1S/C6H6ClNOS/c1-10-9-6-3-2-5(7)4-8-6/h2-4H,1H3. The fourth-order valence-corrected chi connectivity index (χ4v) is 0.878. The molecule has 0 fully saturated rings. The lowest BCUT2D eigenvalue weighted by Crippen LogP contribution is -1.81. The second kappa shape index (κ2) is 3.68. The smallest absolute Gasteiger partial charge is 0.227 e. The van der Waals surface area contributed by atoms with E-state index in [4.69, 9.17) is 15.8 Å². The van der Waals surface area contributed by atoms with Crippen LogP contribution in [0.2, 0.25) is 5.02 Å². The van der Waals surface area contributed by atoms with Gasteiger partial charge < -0.3 is 4.18 Å². The maximum Gasteiger partial charge on any atom is 0.227 e. The molecule has 0 aliphatic carbocycles. The van der Waals surface area contributed by atoms with E-state index in [0.717, 1.165) is 0 Å². The maximum atomic E-state index is 5.59. The first-order valence-corrected chi connectivity index (χ1v) is 4.18. The Morgan fingerprint density at radius 1 is 1.60 bits per heavy atom. The number of hydrogen-bond acceptors (Lipinski definition) is 3. The van der Waals surface area contributed by atoms with Crippen LogP contribution in [-0.4, -0.2) is 11.2 Å². The Balaban J connectivity index is 2.69. The van der Waals surface area contributed by atoms with Crippen LogP contribution in [0.25, 0.3) is 0 Å². The number of hydrogen-bond donors (Lipinski definition) is 0. The molecule has 0 unspecified atom stereocenters. The molecule has 10 heavy (non-hydrogen) atoms. The summed E-state index contributed by atoms with van der Waals surface area (Å²) in [7, 11) is 0. The van der Waals surface area contributed by atoms with Gasteiger partial charge in [0.1, 0.15) is 0 Å². The highest BCUT2D eigenvalue weighted by molar-refractivity contribution is 7.94. The normalized spacial score (nSPS) is 9.40. The van der Waals surface area contributed by atoms with Gasteiger partial charge in [-0.05, 0) is 6.07 Å². The molecule has 0 bridgehead atoms. The minimum Gasteiger partial charge on any atom is -0.406 e. The van der Waals surface area contributed by atoms with Crippen LogP contribution in [0, 0.1) is 0 Å². The molecule has 0 aromatic carbocycles. The topological polar surface area (TPSA) is 22.1 Å². The van der Waals surface area contributed by atoms with Crippen molar-refractivity contribution >= 4 is 23.6 Å². The van der Waals surface area contributed by atoms with Crippen LogP contribution in [-0.2, 0) is 0 Å². The van der Waals surface area contributed by atoms with Crippen LogP contribution >= 0.6 is 23.6 Å². The van der Waals surface area contributed by atoms with Crippen LogP contribution in [0.5, 0.6) is 5.88 Å². The lowest BCUT2D eigenvalue weighted by molar-refractivity contribution is 0.620. The molecule has 0 amide bonds.